The van der Waals surface area contributed by atoms with Crippen molar-refractivity contribution in [1.29, 1.82) is 0 Å². The van der Waals surface area contributed by atoms with Gasteiger partial charge in [0.25, 0.3) is 0 Å². The maximum atomic E-state index is 12.7. The number of carbonyl (C=O) groups excluding carboxylic acids is 1. The molecule has 2 rings (SSSR count). The van der Waals surface area contributed by atoms with E-state index in [-0.39, 0.29) is 11.4 Å². The van der Waals surface area contributed by atoms with Crippen molar-refractivity contribution in [3.05, 3.63) is 35.7 Å². The summed E-state index contributed by atoms with van der Waals surface area (Å²) in [4.78, 5) is 12.0. The Hall–Kier alpha value is -2.03. The first kappa shape index (κ1) is 18.3. The van der Waals surface area contributed by atoms with E-state index in [0.29, 0.717) is 11.7 Å². The fourth-order valence-corrected chi connectivity index (χ4v) is 2.93. The Kier molecular flexibility index (Phi) is 5.87. The first-order valence-corrected chi connectivity index (χ1v) is 8.35. The smallest absolute Gasteiger partial charge is 0.325 e. The van der Waals surface area contributed by atoms with Gasteiger partial charge in [0.2, 0.25) is 5.91 Å². The van der Waals surface area contributed by atoms with Crippen LogP contribution in [-0.4, -0.2) is 26.4 Å². The number of nitrogens with zero attached hydrogens (tertiary/aromatic N) is 3. The fourth-order valence-electron chi connectivity index (χ4n) is 2.11. The van der Waals surface area contributed by atoms with Crippen molar-refractivity contribution in [1.82, 2.24) is 14.8 Å². The highest BCUT2D eigenvalue weighted by Gasteiger charge is 2.30. The molecule has 0 saturated heterocycles. The van der Waals surface area contributed by atoms with Crippen molar-refractivity contribution in [2.24, 2.45) is 0 Å². The minimum absolute atomic E-state index is 0.0398. The van der Waals surface area contributed by atoms with Crippen molar-refractivity contribution in [2.75, 3.05) is 11.1 Å². The highest BCUT2D eigenvalue weighted by molar-refractivity contribution is 7.99. The van der Waals surface area contributed by atoms with Gasteiger partial charge < -0.3 is 9.88 Å². The summed E-state index contributed by atoms with van der Waals surface area (Å²) in [6, 6.07) is 4.54. The number of hydrogen-bond donors (Lipinski definition) is 1. The zero-order valence-corrected chi connectivity index (χ0v) is 14.0. The summed E-state index contributed by atoms with van der Waals surface area (Å²) in [5, 5.41) is 11.2. The first-order valence-electron chi connectivity index (χ1n) is 7.37. The molecule has 1 amide bonds. The third kappa shape index (κ3) is 4.50. The molecule has 0 saturated carbocycles. The Morgan fingerprint density at radius 1 is 1.29 bits per heavy atom. The van der Waals surface area contributed by atoms with Crippen LogP contribution in [0, 0.1) is 0 Å². The topological polar surface area (TPSA) is 59.8 Å². The van der Waals surface area contributed by atoms with Crippen molar-refractivity contribution in [3.63, 3.8) is 0 Å². The summed E-state index contributed by atoms with van der Waals surface area (Å²) in [6.45, 7) is 4.61. The zero-order chi connectivity index (χ0) is 17.7. The first-order chi connectivity index (χ1) is 11.3. The third-order valence-electron chi connectivity index (χ3n) is 3.23. The number of thioether (sulfide) groups is 1. The van der Waals surface area contributed by atoms with E-state index in [0.717, 1.165) is 24.4 Å². The molecular formula is C15H17F3N4OS. The molecule has 0 aliphatic carbocycles. The average Bonchev–Trinajstić information content (AvgIpc) is 2.94. The van der Waals surface area contributed by atoms with Crippen LogP contribution in [0.25, 0.3) is 0 Å². The van der Waals surface area contributed by atoms with Crippen molar-refractivity contribution in [3.8, 4) is 0 Å². The molecule has 0 spiro atoms. The fraction of sp³-hybridized carbons (Fsp3) is 0.400. The van der Waals surface area contributed by atoms with Crippen LogP contribution in [0.15, 0.2) is 29.4 Å². The maximum absolute atomic E-state index is 12.7. The van der Waals surface area contributed by atoms with Crippen LogP contribution < -0.4 is 5.32 Å². The Morgan fingerprint density at radius 2 is 2.04 bits per heavy atom. The van der Waals surface area contributed by atoms with Gasteiger partial charge in [0.15, 0.2) is 5.16 Å². The highest BCUT2D eigenvalue weighted by Crippen LogP contribution is 2.30. The van der Waals surface area contributed by atoms with Crippen LogP contribution in [0.1, 0.15) is 25.2 Å². The molecular weight excluding hydrogens is 341 g/mol. The molecule has 1 heterocycles. The van der Waals surface area contributed by atoms with Crippen LogP contribution in [-0.2, 0) is 23.9 Å². The van der Waals surface area contributed by atoms with Crippen molar-refractivity contribution < 1.29 is 18.0 Å². The molecule has 0 bridgehead atoms. The molecule has 1 N–H and O–H groups in total. The number of benzene rings is 1. The largest absolute Gasteiger partial charge is 0.416 e. The van der Waals surface area contributed by atoms with E-state index < -0.39 is 17.6 Å². The summed E-state index contributed by atoms with van der Waals surface area (Å²) < 4.78 is 39.9. The van der Waals surface area contributed by atoms with Gasteiger partial charge in [0.1, 0.15) is 5.82 Å². The van der Waals surface area contributed by atoms with Gasteiger partial charge in [0.05, 0.1) is 11.3 Å². The Bertz CT molecular complexity index is 715. The molecule has 1 aromatic carbocycles. The van der Waals surface area contributed by atoms with E-state index in [4.69, 9.17) is 0 Å². The van der Waals surface area contributed by atoms with E-state index in [1.54, 1.807) is 0 Å². The Morgan fingerprint density at radius 3 is 2.67 bits per heavy atom. The van der Waals surface area contributed by atoms with E-state index in [1.165, 1.54) is 23.9 Å². The predicted octanol–water partition coefficient (Wildman–Crippen LogP) is 3.61. The molecule has 0 aliphatic rings. The summed E-state index contributed by atoms with van der Waals surface area (Å²) in [7, 11) is 0. The van der Waals surface area contributed by atoms with Crippen molar-refractivity contribution in [2.45, 2.75) is 38.1 Å². The van der Waals surface area contributed by atoms with Gasteiger partial charge >= 0.3 is 6.18 Å². The molecule has 9 heteroatoms. The number of halogens is 3. The molecule has 24 heavy (non-hydrogen) atoms. The monoisotopic (exact) mass is 358 g/mol. The van der Waals surface area contributed by atoms with Crippen LogP contribution in [0.5, 0.6) is 0 Å². The van der Waals surface area contributed by atoms with Gasteiger partial charge in [-0.05, 0) is 25.1 Å². The number of aryl methyl sites for hydroxylation is 1. The van der Waals surface area contributed by atoms with Gasteiger partial charge in [-0.1, -0.05) is 24.8 Å². The molecule has 2 aromatic rings. The van der Waals surface area contributed by atoms with E-state index in [9.17, 15) is 18.0 Å². The normalized spacial score (nSPS) is 11.5. The van der Waals surface area contributed by atoms with Gasteiger partial charge in [-0.3, -0.25) is 4.79 Å². The molecule has 0 aliphatic heterocycles. The molecule has 0 radical (unpaired) electrons. The molecule has 0 unspecified atom stereocenters. The molecule has 130 valence electrons. The van der Waals surface area contributed by atoms with Crippen LogP contribution in [0.4, 0.5) is 18.9 Å². The van der Waals surface area contributed by atoms with Crippen LogP contribution in [0.2, 0.25) is 0 Å². The van der Waals surface area contributed by atoms with E-state index >= 15 is 0 Å². The second-order valence-corrected chi connectivity index (χ2v) is 5.85. The van der Waals surface area contributed by atoms with Gasteiger partial charge in [-0.25, -0.2) is 0 Å². The average molecular weight is 358 g/mol. The van der Waals surface area contributed by atoms with E-state index in [2.05, 4.69) is 15.5 Å². The standard InChI is InChI=1S/C15H17F3N4OS/c1-3-12-20-21-14(22(12)4-2)24-9-13(23)19-11-7-5-6-10(8-11)15(16,17)18/h5-8H,3-4,9H2,1-2H3,(H,19,23). The predicted molar refractivity (Wildman–Crippen MR) is 85.9 cm³/mol. The second kappa shape index (κ2) is 7.69. The number of hydrogen-bond acceptors (Lipinski definition) is 4. The lowest BCUT2D eigenvalue weighted by atomic mass is 10.2. The quantitative estimate of drug-likeness (QED) is 0.802. The van der Waals surface area contributed by atoms with Crippen LogP contribution >= 0.6 is 11.8 Å². The van der Waals surface area contributed by atoms with Crippen molar-refractivity contribution >= 4 is 23.4 Å². The number of aromatic nitrogens is 3. The number of alkyl halides is 3. The molecule has 0 fully saturated rings. The zero-order valence-electron chi connectivity index (χ0n) is 13.2. The van der Waals surface area contributed by atoms with Gasteiger partial charge in [-0.15, -0.1) is 10.2 Å². The molecule has 5 nitrogen and oxygen atoms in total. The number of nitrogens with one attached hydrogen (secondary N) is 1. The van der Waals surface area contributed by atoms with Gasteiger partial charge in [-0.2, -0.15) is 13.2 Å². The van der Waals surface area contributed by atoms with Crippen LogP contribution in [0.3, 0.4) is 0 Å². The SMILES string of the molecule is CCc1nnc(SCC(=O)Nc2cccc(C(F)(F)F)c2)n1CC. The highest BCUT2D eigenvalue weighted by atomic mass is 32.2. The number of anilines is 1. The summed E-state index contributed by atoms with van der Waals surface area (Å²) in [6.07, 6.45) is -3.71. The Balaban J connectivity index is 1.98. The molecule has 1 aromatic heterocycles. The summed E-state index contributed by atoms with van der Waals surface area (Å²) in [5.74, 6) is 0.472. The number of amides is 1. The minimum atomic E-state index is -4.44. The number of carbonyl (C=O) groups is 1. The number of rotatable bonds is 6. The lowest BCUT2D eigenvalue weighted by Crippen LogP contribution is -2.15. The summed E-state index contributed by atoms with van der Waals surface area (Å²) in [5.41, 5.74) is -0.687. The Labute approximate surface area is 141 Å². The second-order valence-electron chi connectivity index (χ2n) is 4.91. The van der Waals surface area contributed by atoms with E-state index in [1.807, 2.05) is 18.4 Å². The van der Waals surface area contributed by atoms with Gasteiger partial charge in [0, 0.05) is 18.7 Å². The minimum Gasteiger partial charge on any atom is -0.325 e. The molecule has 0 atom stereocenters. The maximum Gasteiger partial charge on any atom is 0.416 e. The summed E-state index contributed by atoms with van der Waals surface area (Å²) >= 11 is 1.20. The third-order valence-corrected chi connectivity index (χ3v) is 4.20. The lowest BCUT2D eigenvalue weighted by Gasteiger charge is -2.10. The lowest BCUT2D eigenvalue weighted by molar-refractivity contribution is -0.137.